The fourth-order valence-corrected chi connectivity index (χ4v) is 4.69. The third-order valence-electron chi connectivity index (χ3n) is 6.97. The van der Waals surface area contributed by atoms with Crippen molar-refractivity contribution in [2.45, 2.75) is 45.6 Å². The maximum atomic E-state index is 13.7. The highest BCUT2D eigenvalue weighted by molar-refractivity contribution is 6.23. The molecule has 4 rings (SSSR count). The Balaban J connectivity index is 1.62. The monoisotopic (exact) mass is 514 g/mol. The molecule has 0 aliphatic carbocycles. The van der Waals surface area contributed by atoms with Gasteiger partial charge in [0.2, 0.25) is 5.91 Å². The molecule has 0 bridgehead atoms. The van der Waals surface area contributed by atoms with Crippen molar-refractivity contribution in [3.05, 3.63) is 89.0 Å². The third kappa shape index (κ3) is 5.57. The molecule has 1 heterocycles. The number of nitrogens with zero attached hydrogens (tertiary/aromatic N) is 2. The lowest BCUT2D eigenvalue weighted by Crippen LogP contribution is -2.46. The van der Waals surface area contributed by atoms with Crippen LogP contribution >= 0.6 is 0 Å². The van der Waals surface area contributed by atoms with Crippen LogP contribution in [0.1, 0.15) is 53.2 Å². The second-order valence-electron chi connectivity index (χ2n) is 9.84. The number of hydrogen-bond acceptors (Lipinski definition) is 5. The van der Waals surface area contributed by atoms with E-state index in [0.717, 1.165) is 16.7 Å². The number of methoxy groups -OCH3 is 2. The standard InChI is InChI=1S/C31H34N2O5/c1-20(2)23-11-13-25(14-12-23)33-29(34)19-26(31(33)36)32(30(35)24-9-6-21(3)7-10-24)17-16-22-8-15-27(37-4)28(18-22)38-5/h6-15,18,20,26H,16-17,19H2,1-5H3. The first-order valence-electron chi connectivity index (χ1n) is 12.8. The van der Waals surface area contributed by atoms with Gasteiger partial charge in [-0.25, -0.2) is 4.90 Å². The zero-order valence-electron chi connectivity index (χ0n) is 22.6. The molecule has 0 aromatic heterocycles. The predicted molar refractivity (Wildman–Crippen MR) is 147 cm³/mol. The molecule has 0 radical (unpaired) electrons. The van der Waals surface area contributed by atoms with Gasteiger partial charge < -0.3 is 14.4 Å². The lowest BCUT2D eigenvalue weighted by Gasteiger charge is -2.28. The van der Waals surface area contributed by atoms with Gasteiger partial charge in [0.05, 0.1) is 26.3 Å². The SMILES string of the molecule is COc1ccc(CCN(C(=O)c2ccc(C)cc2)C2CC(=O)N(c3ccc(C(C)C)cc3)C2=O)cc1OC. The van der Waals surface area contributed by atoms with Crippen molar-refractivity contribution >= 4 is 23.4 Å². The Morgan fingerprint density at radius 1 is 0.947 bits per heavy atom. The van der Waals surface area contributed by atoms with Crippen molar-refractivity contribution in [2.24, 2.45) is 0 Å². The highest BCUT2D eigenvalue weighted by atomic mass is 16.5. The van der Waals surface area contributed by atoms with E-state index in [2.05, 4.69) is 13.8 Å². The molecule has 0 spiro atoms. The zero-order chi connectivity index (χ0) is 27.4. The van der Waals surface area contributed by atoms with E-state index in [0.29, 0.717) is 35.1 Å². The third-order valence-corrected chi connectivity index (χ3v) is 6.97. The van der Waals surface area contributed by atoms with Crippen molar-refractivity contribution in [1.29, 1.82) is 0 Å². The summed E-state index contributed by atoms with van der Waals surface area (Å²) in [5, 5.41) is 0. The topological polar surface area (TPSA) is 76.2 Å². The van der Waals surface area contributed by atoms with E-state index in [-0.39, 0.29) is 30.7 Å². The molecule has 7 heteroatoms. The summed E-state index contributed by atoms with van der Waals surface area (Å²) in [4.78, 5) is 43.2. The van der Waals surface area contributed by atoms with Crippen LogP contribution in [0.2, 0.25) is 0 Å². The Morgan fingerprint density at radius 3 is 2.21 bits per heavy atom. The number of carbonyl (C=O) groups is 3. The van der Waals surface area contributed by atoms with E-state index < -0.39 is 6.04 Å². The maximum absolute atomic E-state index is 13.7. The number of anilines is 1. The average Bonchev–Trinajstić information content (AvgIpc) is 3.22. The minimum absolute atomic E-state index is 0.0612. The first-order valence-corrected chi connectivity index (χ1v) is 12.8. The molecule has 1 unspecified atom stereocenters. The summed E-state index contributed by atoms with van der Waals surface area (Å²) >= 11 is 0. The van der Waals surface area contributed by atoms with E-state index in [1.165, 1.54) is 9.80 Å². The van der Waals surface area contributed by atoms with Gasteiger partial charge in [-0.3, -0.25) is 14.4 Å². The molecular weight excluding hydrogens is 480 g/mol. The van der Waals surface area contributed by atoms with Crippen LogP contribution in [0.5, 0.6) is 11.5 Å². The van der Waals surface area contributed by atoms with Crippen LogP contribution in [0.25, 0.3) is 0 Å². The fourth-order valence-electron chi connectivity index (χ4n) is 4.69. The number of ether oxygens (including phenoxy) is 2. The first-order chi connectivity index (χ1) is 18.2. The number of aryl methyl sites for hydroxylation is 1. The van der Waals surface area contributed by atoms with Gasteiger partial charge in [-0.1, -0.05) is 49.7 Å². The van der Waals surface area contributed by atoms with E-state index in [9.17, 15) is 14.4 Å². The molecule has 3 aromatic rings. The van der Waals surface area contributed by atoms with Gasteiger partial charge in [-0.15, -0.1) is 0 Å². The van der Waals surface area contributed by atoms with Crippen LogP contribution in [0.15, 0.2) is 66.7 Å². The van der Waals surface area contributed by atoms with Crippen LogP contribution in [-0.2, 0) is 16.0 Å². The molecule has 3 aromatic carbocycles. The second-order valence-corrected chi connectivity index (χ2v) is 9.84. The summed E-state index contributed by atoms with van der Waals surface area (Å²) in [6, 6.07) is 19.4. The van der Waals surface area contributed by atoms with Crippen LogP contribution in [0.4, 0.5) is 5.69 Å². The molecular formula is C31H34N2O5. The van der Waals surface area contributed by atoms with Gasteiger partial charge in [-0.2, -0.15) is 0 Å². The van der Waals surface area contributed by atoms with Crippen LogP contribution in [-0.4, -0.2) is 49.4 Å². The van der Waals surface area contributed by atoms with E-state index in [1.807, 2.05) is 49.4 Å². The lowest BCUT2D eigenvalue weighted by atomic mass is 10.0. The minimum Gasteiger partial charge on any atom is -0.493 e. The molecule has 3 amide bonds. The summed E-state index contributed by atoms with van der Waals surface area (Å²) in [6.45, 7) is 6.38. The molecule has 1 saturated heterocycles. The average molecular weight is 515 g/mol. The van der Waals surface area contributed by atoms with Gasteiger partial charge in [0.15, 0.2) is 11.5 Å². The summed E-state index contributed by atoms with van der Waals surface area (Å²) in [5.41, 5.74) is 4.07. The van der Waals surface area contributed by atoms with E-state index in [1.54, 1.807) is 38.5 Å². The van der Waals surface area contributed by atoms with Gasteiger partial charge in [0.25, 0.3) is 11.8 Å². The summed E-state index contributed by atoms with van der Waals surface area (Å²) in [6.07, 6.45) is 0.410. The predicted octanol–water partition coefficient (Wildman–Crippen LogP) is 5.15. The molecule has 1 aliphatic rings. The van der Waals surface area contributed by atoms with E-state index >= 15 is 0 Å². The fraction of sp³-hybridized carbons (Fsp3) is 0.323. The minimum atomic E-state index is -0.888. The summed E-state index contributed by atoms with van der Waals surface area (Å²) < 4.78 is 10.7. The molecule has 38 heavy (non-hydrogen) atoms. The Hall–Kier alpha value is -4.13. The van der Waals surface area contributed by atoms with Crippen molar-refractivity contribution in [3.8, 4) is 11.5 Å². The van der Waals surface area contributed by atoms with Gasteiger partial charge in [0, 0.05) is 12.1 Å². The molecule has 1 aliphatic heterocycles. The van der Waals surface area contributed by atoms with Gasteiger partial charge in [0.1, 0.15) is 6.04 Å². The molecule has 198 valence electrons. The highest BCUT2D eigenvalue weighted by Crippen LogP contribution is 2.30. The maximum Gasteiger partial charge on any atom is 0.257 e. The van der Waals surface area contributed by atoms with Crippen molar-refractivity contribution < 1.29 is 23.9 Å². The van der Waals surface area contributed by atoms with Gasteiger partial charge in [-0.05, 0) is 66.8 Å². The van der Waals surface area contributed by atoms with Crippen molar-refractivity contribution in [3.63, 3.8) is 0 Å². The highest BCUT2D eigenvalue weighted by Gasteiger charge is 2.44. The molecule has 1 fully saturated rings. The Kier molecular flexibility index (Phi) is 8.15. The van der Waals surface area contributed by atoms with Crippen molar-refractivity contribution in [1.82, 2.24) is 4.90 Å². The quantitative estimate of drug-likeness (QED) is 0.369. The molecule has 7 nitrogen and oxygen atoms in total. The largest absolute Gasteiger partial charge is 0.493 e. The number of benzene rings is 3. The normalized spacial score (nSPS) is 15.2. The summed E-state index contributed by atoms with van der Waals surface area (Å²) in [5.74, 6) is 0.545. The number of imide groups is 1. The number of amides is 3. The lowest BCUT2D eigenvalue weighted by molar-refractivity contribution is -0.122. The molecule has 0 saturated carbocycles. The second kappa shape index (κ2) is 11.5. The number of rotatable bonds is 9. The Labute approximate surface area is 224 Å². The van der Waals surface area contributed by atoms with Gasteiger partial charge >= 0.3 is 0 Å². The Morgan fingerprint density at radius 2 is 1.61 bits per heavy atom. The molecule has 0 N–H and O–H groups in total. The van der Waals surface area contributed by atoms with E-state index in [4.69, 9.17) is 9.47 Å². The molecule has 1 atom stereocenters. The van der Waals surface area contributed by atoms with Crippen LogP contribution < -0.4 is 14.4 Å². The zero-order valence-corrected chi connectivity index (χ0v) is 22.6. The van der Waals surface area contributed by atoms with Crippen molar-refractivity contribution in [2.75, 3.05) is 25.7 Å². The first kappa shape index (κ1) is 26.9. The Bertz CT molecular complexity index is 1320. The number of hydrogen-bond donors (Lipinski definition) is 0. The summed E-state index contributed by atoms with van der Waals surface area (Å²) in [7, 11) is 3.14. The van der Waals surface area contributed by atoms with Crippen LogP contribution in [0.3, 0.4) is 0 Å². The van der Waals surface area contributed by atoms with Crippen LogP contribution in [0, 0.1) is 6.92 Å². The smallest absolute Gasteiger partial charge is 0.257 e. The number of carbonyl (C=O) groups excluding carboxylic acids is 3.